The number of amides is 1. The number of benzene rings is 1. The third-order valence-corrected chi connectivity index (χ3v) is 5.70. The zero-order chi connectivity index (χ0) is 18.5. The molecule has 26 heavy (non-hydrogen) atoms. The summed E-state index contributed by atoms with van der Waals surface area (Å²) in [4.78, 5) is 25.5. The number of thiophene rings is 1. The lowest BCUT2D eigenvalue weighted by Crippen LogP contribution is -2.50. The van der Waals surface area contributed by atoms with Gasteiger partial charge in [-0.1, -0.05) is 36.8 Å². The van der Waals surface area contributed by atoms with Crippen LogP contribution in [0, 0.1) is 11.8 Å². The van der Waals surface area contributed by atoms with Crippen LogP contribution in [0.15, 0.2) is 47.2 Å². The number of nitrogens with one attached hydrogen (secondary N) is 1. The number of hydrogen-bond acceptors (Lipinski definition) is 5. The Hall–Kier alpha value is -1.96. The molecule has 0 spiro atoms. The first kappa shape index (κ1) is 18.8. The van der Waals surface area contributed by atoms with Crippen molar-refractivity contribution in [3.8, 4) is 0 Å². The van der Waals surface area contributed by atoms with Gasteiger partial charge in [0.1, 0.15) is 0 Å². The lowest BCUT2D eigenvalue weighted by molar-refractivity contribution is -0.126. The first-order chi connectivity index (χ1) is 12.6. The summed E-state index contributed by atoms with van der Waals surface area (Å²) in [6, 6.07) is 10.9. The molecule has 7 heteroatoms. The van der Waals surface area contributed by atoms with E-state index in [4.69, 9.17) is 0 Å². The van der Waals surface area contributed by atoms with Crippen molar-refractivity contribution in [2.24, 2.45) is 11.8 Å². The van der Waals surface area contributed by atoms with Gasteiger partial charge >= 0.3 is 7.12 Å². The van der Waals surface area contributed by atoms with Gasteiger partial charge in [-0.05, 0) is 41.7 Å². The first-order valence-corrected chi connectivity index (χ1v) is 9.77. The Labute approximate surface area is 157 Å². The van der Waals surface area contributed by atoms with Gasteiger partial charge < -0.3 is 15.4 Å². The molecule has 5 nitrogen and oxygen atoms in total. The summed E-state index contributed by atoms with van der Waals surface area (Å²) in [6.45, 7) is 0. The smallest absolute Gasteiger partial charge is 0.426 e. The topological polar surface area (TPSA) is 86.6 Å². The standard InChI is InChI=1S/C19H22BNO4S/c22-18(14-5-2-1-3-6-14)15-7-4-8-16(15)19(23)21-17(20(24)25)11-13-9-10-26-12-13/h1-3,5-6,9-10,12,15-17,24-25H,4,7-8,11H2,(H,21,23)/t15-,16-,17?/m0/s1. The molecule has 1 fully saturated rings. The maximum atomic E-state index is 12.8. The molecule has 0 saturated heterocycles. The molecule has 1 saturated carbocycles. The fraction of sp³-hybridized carbons (Fsp3) is 0.368. The molecule has 3 atom stereocenters. The van der Waals surface area contributed by atoms with Gasteiger partial charge in [-0.25, -0.2) is 0 Å². The second-order valence-corrected chi connectivity index (χ2v) is 7.52. The van der Waals surface area contributed by atoms with Crippen LogP contribution in [0.5, 0.6) is 0 Å². The van der Waals surface area contributed by atoms with E-state index in [1.807, 2.05) is 35.0 Å². The highest BCUT2D eigenvalue weighted by Gasteiger charge is 2.39. The lowest BCUT2D eigenvalue weighted by atomic mass is 9.75. The van der Waals surface area contributed by atoms with E-state index in [-0.39, 0.29) is 17.6 Å². The van der Waals surface area contributed by atoms with Gasteiger partial charge in [-0.15, -0.1) is 0 Å². The summed E-state index contributed by atoms with van der Waals surface area (Å²) >= 11 is 1.52. The summed E-state index contributed by atoms with van der Waals surface area (Å²) in [5.41, 5.74) is 1.56. The molecular weight excluding hydrogens is 349 g/mol. The Balaban J connectivity index is 1.68. The zero-order valence-electron chi connectivity index (χ0n) is 14.4. The second-order valence-electron chi connectivity index (χ2n) is 6.74. The molecule has 0 bridgehead atoms. The van der Waals surface area contributed by atoms with Crippen molar-refractivity contribution >= 4 is 30.1 Å². The summed E-state index contributed by atoms with van der Waals surface area (Å²) < 4.78 is 0. The fourth-order valence-electron chi connectivity index (χ4n) is 3.59. The minimum atomic E-state index is -1.65. The molecule has 136 valence electrons. The fourth-order valence-corrected chi connectivity index (χ4v) is 4.27. The van der Waals surface area contributed by atoms with Crippen LogP contribution < -0.4 is 5.32 Å². The Kier molecular flexibility index (Phi) is 6.24. The van der Waals surface area contributed by atoms with Gasteiger partial charge in [-0.3, -0.25) is 9.59 Å². The normalized spacial score (nSPS) is 20.5. The lowest BCUT2D eigenvalue weighted by Gasteiger charge is -2.23. The van der Waals surface area contributed by atoms with Gasteiger partial charge in [0.05, 0.1) is 5.94 Å². The number of carbonyl (C=O) groups is 2. The number of carbonyl (C=O) groups excluding carboxylic acids is 2. The Morgan fingerprint density at radius 3 is 2.54 bits per heavy atom. The Morgan fingerprint density at radius 2 is 1.88 bits per heavy atom. The summed E-state index contributed by atoms with van der Waals surface area (Å²) in [5.74, 6) is -1.85. The third-order valence-electron chi connectivity index (χ3n) is 4.97. The highest BCUT2D eigenvalue weighted by molar-refractivity contribution is 7.07. The van der Waals surface area contributed by atoms with Crippen molar-refractivity contribution < 1.29 is 19.6 Å². The summed E-state index contributed by atoms with van der Waals surface area (Å²) in [6.07, 6.45) is 2.49. The van der Waals surface area contributed by atoms with E-state index in [0.717, 1.165) is 12.0 Å². The summed E-state index contributed by atoms with van der Waals surface area (Å²) in [5, 5.41) is 25.8. The van der Waals surface area contributed by atoms with Crippen LogP contribution in [0.2, 0.25) is 0 Å². The van der Waals surface area contributed by atoms with Crippen LogP contribution in [0.1, 0.15) is 35.2 Å². The van der Waals surface area contributed by atoms with E-state index in [1.54, 1.807) is 12.1 Å². The van der Waals surface area contributed by atoms with E-state index >= 15 is 0 Å². The second kappa shape index (κ2) is 8.62. The van der Waals surface area contributed by atoms with Gasteiger partial charge in [-0.2, -0.15) is 11.3 Å². The predicted octanol–water partition coefficient (Wildman–Crippen LogP) is 2.09. The molecule has 0 radical (unpaired) electrons. The van der Waals surface area contributed by atoms with E-state index in [2.05, 4.69) is 5.32 Å². The highest BCUT2D eigenvalue weighted by atomic mass is 32.1. The van der Waals surface area contributed by atoms with Crippen LogP contribution in [0.4, 0.5) is 0 Å². The average Bonchev–Trinajstić information content (AvgIpc) is 3.32. The molecule has 1 unspecified atom stereocenters. The van der Waals surface area contributed by atoms with Crippen LogP contribution in [0.3, 0.4) is 0 Å². The Bertz CT molecular complexity index is 735. The van der Waals surface area contributed by atoms with Crippen LogP contribution in [-0.2, 0) is 11.2 Å². The van der Waals surface area contributed by atoms with Crippen molar-refractivity contribution in [3.05, 3.63) is 58.3 Å². The quantitative estimate of drug-likeness (QED) is 0.514. The average molecular weight is 371 g/mol. The van der Waals surface area contributed by atoms with Crippen molar-refractivity contribution in [2.75, 3.05) is 0 Å². The van der Waals surface area contributed by atoms with Crippen LogP contribution in [0.25, 0.3) is 0 Å². The first-order valence-electron chi connectivity index (χ1n) is 8.83. The largest absolute Gasteiger partial charge is 0.475 e. The van der Waals surface area contributed by atoms with E-state index in [0.29, 0.717) is 24.8 Å². The molecule has 1 heterocycles. The molecule has 3 rings (SSSR count). The van der Waals surface area contributed by atoms with Gasteiger partial charge in [0.15, 0.2) is 5.78 Å². The van der Waals surface area contributed by atoms with Crippen molar-refractivity contribution in [2.45, 2.75) is 31.6 Å². The van der Waals surface area contributed by atoms with Crippen molar-refractivity contribution in [1.82, 2.24) is 5.32 Å². The molecule has 1 aromatic heterocycles. The van der Waals surface area contributed by atoms with Gasteiger partial charge in [0, 0.05) is 17.4 Å². The van der Waals surface area contributed by atoms with Crippen LogP contribution >= 0.6 is 11.3 Å². The molecule has 1 amide bonds. The molecule has 2 aromatic rings. The third kappa shape index (κ3) is 4.41. The summed E-state index contributed by atoms with van der Waals surface area (Å²) in [7, 11) is -1.65. The molecule has 1 aliphatic rings. The van der Waals surface area contributed by atoms with E-state index in [9.17, 15) is 19.6 Å². The maximum Gasteiger partial charge on any atom is 0.475 e. The van der Waals surface area contributed by atoms with Gasteiger partial charge in [0.2, 0.25) is 5.91 Å². The number of Topliss-reactive ketones (excluding diaryl/α,β-unsaturated/α-hetero) is 1. The highest BCUT2D eigenvalue weighted by Crippen LogP contribution is 2.34. The minimum absolute atomic E-state index is 0.0119. The molecular formula is C19H22BNO4S. The van der Waals surface area contributed by atoms with E-state index in [1.165, 1.54) is 11.3 Å². The molecule has 1 aromatic carbocycles. The van der Waals surface area contributed by atoms with Crippen molar-refractivity contribution in [3.63, 3.8) is 0 Å². The molecule has 0 aliphatic heterocycles. The zero-order valence-corrected chi connectivity index (χ0v) is 15.2. The Morgan fingerprint density at radius 1 is 1.15 bits per heavy atom. The van der Waals surface area contributed by atoms with Crippen LogP contribution in [-0.4, -0.2) is 34.8 Å². The minimum Gasteiger partial charge on any atom is -0.426 e. The predicted molar refractivity (Wildman–Crippen MR) is 102 cm³/mol. The number of hydrogen-bond donors (Lipinski definition) is 3. The van der Waals surface area contributed by atoms with Crippen molar-refractivity contribution in [1.29, 1.82) is 0 Å². The van der Waals surface area contributed by atoms with Gasteiger partial charge in [0.25, 0.3) is 0 Å². The SMILES string of the molecule is O=C(NC(Cc1ccsc1)B(O)O)[C@H]1CCC[C@@H]1C(=O)c1ccccc1. The monoisotopic (exact) mass is 371 g/mol. The molecule has 1 aliphatic carbocycles. The molecule has 3 N–H and O–H groups in total. The maximum absolute atomic E-state index is 12.8. The van der Waals surface area contributed by atoms with E-state index < -0.39 is 19.0 Å². The number of ketones is 1. The number of rotatable bonds is 7.